The average molecular weight is 375 g/mol. The van der Waals surface area contributed by atoms with Crippen LogP contribution in [-0.2, 0) is 4.79 Å². The van der Waals surface area contributed by atoms with Crippen LogP contribution in [0.2, 0.25) is 0 Å². The van der Waals surface area contributed by atoms with Crippen molar-refractivity contribution in [2.75, 3.05) is 42.9 Å². The fourth-order valence-electron chi connectivity index (χ4n) is 2.89. The highest BCUT2D eigenvalue weighted by atomic mass is 32.1. The van der Waals surface area contributed by atoms with E-state index in [0.717, 1.165) is 49.9 Å². The average Bonchev–Trinajstić information content (AvgIpc) is 2.97. The summed E-state index contributed by atoms with van der Waals surface area (Å²) in [6.07, 6.45) is 4.79. The van der Waals surface area contributed by atoms with E-state index < -0.39 is 5.97 Å². The zero-order chi connectivity index (χ0) is 18.4. The molecule has 0 unspecified atom stereocenters. The van der Waals surface area contributed by atoms with Gasteiger partial charge in [0.2, 0.25) is 11.9 Å². The molecule has 8 nitrogen and oxygen atoms in total. The molecule has 3 rings (SSSR count). The van der Waals surface area contributed by atoms with Crippen LogP contribution < -0.4 is 10.2 Å². The minimum Gasteiger partial charge on any atom is -0.477 e. The van der Waals surface area contributed by atoms with Gasteiger partial charge in [0.25, 0.3) is 0 Å². The minimum atomic E-state index is -1.02. The van der Waals surface area contributed by atoms with E-state index in [1.165, 1.54) is 0 Å². The molecule has 138 valence electrons. The van der Waals surface area contributed by atoms with Crippen molar-refractivity contribution in [1.29, 1.82) is 0 Å². The zero-order valence-electron chi connectivity index (χ0n) is 14.3. The van der Waals surface area contributed by atoms with E-state index in [-0.39, 0.29) is 10.8 Å². The van der Waals surface area contributed by atoms with E-state index in [0.29, 0.717) is 18.7 Å². The Balaban J connectivity index is 1.47. The first-order chi connectivity index (χ1) is 12.6. The second kappa shape index (κ2) is 8.72. The highest BCUT2D eigenvalue weighted by Crippen LogP contribution is 2.22. The van der Waals surface area contributed by atoms with Crippen LogP contribution in [0.4, 0.5) is 11.6 Å². The second-order valence-corrected chi connectivity index (χ2v) is 6.91. The molecule has 2 aromatic rings. The Morgan fingerprint density at radius 3 is 2.77 bits per heavy atom. The summed E-state index contributed by atoms with van der Waals surface area (Å²) < 4.78 is 0. The number of hydrogen-bond acceptors (Lipinski definition) is 7. The highest BCUT2D eigenvalue weighted by molar-refractivity contribution is 7.12. The summed E-state index contributed by atoms with van der Waals surface area (Å²) in [5.74, 6) is -0.449. The molecule has 0 spiro atoms. The SMILES string of the molecule is O=C(CCN1CCCN(c2ncccn2)CC1)Nc1ccsc1C(=O)O. The van der Waals surface area contributed by atoms with Gasteiger partial charge in [0, 0.05) is 45.0 Å². The van der Waals surface area contributed by atoms with Crippen molar-refractivity contribution in [3.05, 3.63) is 34.8 Å². The normalized spacial score (nSPS) is 15.5. The van der Waals surface area contributed by atoms with Gasteiger partial charge in [0.05, 0.1) is 5.69 Å². The van der Waals surface area contributed by atoms with Crippen LogP contribution in [0, 0.1) is 0 Å². The molecule has 0 saturated carbocycles. The van der Waals surface area contributed by atoms with E-state index in [1.54, 1.807) is 29.9 Å². The van der Waals surface area contributed by atoms with Crippen molar-refractivity contribution in [3.63, 3.8) is 0 Å². The third-order valence-electron chi connectivity index (χ3n) is 4.21. The molecule has 1 aliphatic heterocycles. The summed E-state index contributed by atoms with van der Waals surface area (Å²) >= 11 is 1.10. The number of rotatable bonds is 6. The van der Waals surface area contributed by atoms with Crippen molar-refractivity contribution in [3.8, 4) is 0 Å². The lowest BCUT2D eigenvalue weighted by Gasteiger charge is -2.21. The van der Waals surface area contributed by atoms with Gasteiger partial charge in [-0.05, 0) is 30.5 Å². The van der Waals surface area contributed by atoms with E-state index in [9.17, 15) is 9.59 Å². The smallest absolute Gasteiger partial charge is 0.348 e. The maximum Gasteiger partial charge on any atom is 0.348 e. The summed E-state index contributed by atoms with van der Waals surface area (Å²) in [5, 5.41) is 13.4. The Morgan fingerprint density at radius 2 is 2.00 bits per heavy atom. The van der Waals surface area contributed by atoms with Crippen LogP contribution in [0.5, 0.6) is 0 Å². The van der Waals surface area contributed by atoms with E-state index >= 15 is 0 Å². The minimum absolute atomic E-state index is 0.159. The lowest BCUT2D eigenvalue weighted by atomic mass is 10.3. The van der Waals surface area contributed by atoms with Gasteiger partial charge in [-0.15, -0.1) is 11.3 Å². The summed E-state index contributed by atoms with van der Waals surface area (Å²) in [7, 11) is 0. The number of anilines is 2. The third-order valence-corrected chi connectivity index (χ3v) is 5.11. The van der Waals surface area contributed by atoms with E-state index in [1.807, 2.05) is 0 Å². The zero-order valence-corrected chi connectivity index (χ0v) is 15.1. The van der Waals surface area contributed by atoms with Crippen molar-refractivity contribution in [1.82, 2.24) is 14.9 Å². The number of aromatic carboxylic acids is 1. The lowest BCUT2D eigenvalue weighted by Crippen LogP contribution is -2.33. The maximum absolute atomic E-state index is 12.1. The molecule has 1 aliphatic rings. The molecule has 0 atom stereocenters. The van der Waals surface area contributed by atoms with Gasteiger partial charge in [0.15, 0.2) is 0 Å². The fraction of sp³-hybridized carbons (Fsp3) is 0.412. The summed E-state index contributed by atoms with van der Waals surface area (Å²) in [4.78, 5) is 36.4. The number of carboxylic acids is 1. The van der Waals surface area contributed by atoms with Gasteiger partial charge in [-0.25, -0.2) is 14.8 Å². The first-order valence-electron chi connectivity index (χ1n) is 8.48. The molecule has 26 heavy (non-hydrogen) atoms. The molecule has 3 heterocycles. The predicted octanol–water partition coefficient (Wildman–Crippen LogP) is 1.78. The quantitative estimate of drug-likeness (QED) is 0.794. The van der Waals surface area contributed by atoms with Crippen LogP contribution in [0.3, 0.4) is 0 Å². The van der Waals surface area contributed by atoms with Crippen molar-refractivity contribution >= 4 is 34.8 Å². The molecule has 0 aliphatic carbocycles. The Kier molecular flexibility index (Phi) is 6.13. The number of nitrogens with one attached hydrogen (secondary N) is 1. The van der Waals surface area contributed by atoms with Crippen molar-refractivity contribution in [2.45, 2.75) is 12.8 Å². The molecule has 0 aromatic carbocycles. The fourth-order valence-corrected chi connectivity index (χ4v) is 3.58. The van der Waals surface area contributed by atoms with Gasteiger partial charge in [-0.1, -0.05) is 0 Å². The Bertz CT molecular complexity index is 752. The molecule has 1 fully saturated rings. The topological polar surface area (TPSA) is 98.7 Å². The largest absolute Gasteiger partial charge is 0.477 e. The van der Waals surface area contributed by atoms with Crippen LogP contribution in [-0.4, -0.2) is 64.6 Å². The number of carbonyl (C=O) groups excluding carboxylic acids is 1. The van der Waals surface area contributed by atoms with E-state index in [2.05, 4.69) is 25.1 Å². The van der Waals surface area contributed by atoms with Gasteiger partial charge in [-0.3, -0.25) is 4.79 Å². The predicted molar refractivity (Wildman–Crippen MR) is 99.8 cm³/mol. The van der Waals surface area contributed by atoms with Gasteiger partial charge >= 0.3 is 5.97 Å². The number of nitrogens with zero attached hydrogens (tertiary/aromatic N) is 4. The summed E-state index contributed by atoms with van der Waals surface area (Å²) in [5.41, 5.74) is 0.371. The molecule has 2 N–H and O–H groups in total. The van der Waals surface area contributed by atoms with E-state index in [4.69, 9.17) is 5.11 Å². The first kappa shape index (κ1) is 18.3. The standard InChI is InChI=1S/C17H21N5O3S/c23-14(20-13-4-12-26-15(13)16(24)25)3-9-21-7-2-8-22(11-10-21)17-18-5-1-6-19-17/h1,4-6,12H,2-3,7-11H2,(H,20,23)(H,24,25). The van der Waals surface area contributed by atoms with Gasteiger partial charge < -0.3 is 20.2 Å². The van der Waals surface area contributed by atoms with Crippen LogP contribution in [0.1, 0.15) is 22.5 Å². The number of hydrogen-bond donors (Lipinski definition) is 2. The third kappa shape index (κ3) is 4.77. The van der Waals surface area contributed by atoms with Crippen LogP contribution in [0.15, 0.2) is 29.9 Å². The second-order valence-electron chi connectivity index (χ2n) is 6.00. The maximum atomic E-state index is 12.1. The molecule has 2 aromatic heterocycles. The summed E-state index contributed by atoms with van der Waals surface area (Å²) in [6, 6.07) is 3.42. The lowest BCUT2D eigenvalue weighted by molar-refractivity contribution is -0.116. The first-order valence-corrected chi connectivity index (χ1v) is 9.36. The summed E-state index contributed by atoms with van der Waals surface area (Å²) in [6.45, 7) is 4.10. The molecule has 1 saturated heterocycles. The monoisotopic (exact) mass is 375 g/mol. The molecule has 0 bridgehead atoms. The molecular weight excluding hydrogens is 354 g/mol. The molecule has 9 heteroatoms. The Labute approximate surface area is 155 Å². The Morgan fingerprint density at radius 1 is 1.19 bits per heavy atom. The molecule has 0 radical (unpaired) electrons. The van der Waals surface area contributed by atoms with Gasteiger partial charge in [0.1, 0.15) is 4.88 Å². The van der Waals surface area contributed by atoms with Gasteiger partial charge in [-0.2, -0.15) is 0 Å². The van der Waals surface area contributed by atoms with Crippen molar-refractivity contribution < 1.29 is 14.7 Å². The number of carboxylic acid groups (broad SMARTS) is 1. The molecule has 1 amide bonds. The number of carbonyl (C=O) groups is 2. The number of aromatic nitrogens is 2. The number of thiophene rings is 1. The number of amides is 1. The van der Waals surface area contributed by atoms with Crippen LogP contribution >= 0.6 is 11.3 Å². The van der Waals surface area contributed by atoms with Crippen molar-refractivity contribution in [2.24, 2.45) is 0 Å². The highest BCUT2D eigenvalue weighted by Gasteiger charge is 2.18. The Hall–Kier alpha value is -2.52. The molecular formula is C17H21N5O3S. The van der Waals surface area contributed by atoms with Crippen LogP contribution in [0.25, 0.3) is 0 Å².